The third kappa shape index (κ3) is 6.58. The standard InChI is InChI=1S/C7H10N2.C5H12/c1-6(2)7-8-4-3-5-9-7;1-4-5(2)3/h3-6H,1-2H3;5H,4H2,1-3H3. The Hall–Kier alpha value is -0.920. The van der Waals surface area contributed by atoms with Crippen LogP contribution in [0.1, 0.15) is 52.8 Å². The van der Waals surface area contributed by atoms with Gasteiger partial charge in [-0.05, 0) is 12.0 Å². The van der Waals surface area contributed by atoms with Crippen LogP contribution < -0.4 is 0 Å². The van der Waals surface area contributed by atoms with Crippen molar-refractivity contribution in [3.63, 3.8) is 0 Å². The highest BCUT2D eigenvalue weighted by atomic mass is 14.9. The number of hydrogen-bond donors (Lipinski definition) is 0. The zero-order chi connectivity index (χ0) is 11.0. The molecule has 0 aliphatic heterocycles. The molecule has 0 aromatic carbocycles. The Bertz CT molecular complexity index is 217. The maximum atomic E-state index is 4.07. The van der Waals surface area contributed by atoms with Gasteiger partial charge in [0, 0.05) is 18.3 Å². The first-order valence-corrected chi connectivity index (χ1v) is 5.34. The summed E-state index contributed by atoms with van der Waals surface area (Å²) < 4.78 is 0. The summed E-state index contributed by atoms with van der Waals surface area (Å²) >= 11 is 0. The lowest BCUT2D eigenvalue weighted by molar-refractivity contribution is 0.626. The Morgan fingerprint density at radius 1 is 1.07 bits per heavy atom. The monoisotopic (exact) mass is 194 g/mol. The lowest BCUT2D eigenvalue weighted by Crippen LogP contribution is -1.93. The van der Waals surface area contributed by atoms with Crippen LogP contribution in [-0.2, 0) is 0 Å². The van der Waals surface area contributed by atoms with Crippen LogP contribution in [0.5, 0.6) is 0 Å². The molecule has 0 fully saturated rings. The van der Waals surface area contributed by atoms with Gasteiger partial charge in [0.15, 0.2) is 0 Å². The minimum atomic E-state index is 0.436. The highest BCUT2D eigenvalue weighted by Crippen LogP contribution is 2.04. The van der Waals surface area contributed by atoms with Gasteiger partial charge in [0.05, 0.1) is 0 Å². The molecule has 0 radical (unpaired) electrons. The fraction of sp³-hybridized carbons (Fsp3) is 0.667. The molecule has 0 aliphatic carbocycles. The van der Waals surface area contributed by atoms with Crippen LogP contribution in [0, 0.1) is 5.92 Å². The first kappa shape index (κ1) is 13.1. The Kier molecular flexibility index (Phi) is 6.99. The molecule has 0 unspecified atom stereocenters. The molecule has 0 saturated heterocycles. The molecular weight excluding hydrogens is 172 g/mol. The Morgan fingerprint density at radius 3 is 1.71 bits per heavy atom. The summed E-state index contributed by atoms with van der Waals surface area (Å²) in [5.74, 6) is 2.23. The van der Waals surface area contributed by atoms with E-state index in [0.717, 1.165) is 11.7 Å². The molecule has 1 aromatic heterocycles. The summed E-state index contributed by atoms with van der Waals surface area (Å²) in [6.07, 6.45) is 4.84. The summed E-state index contributed by atoms with van der Waals surface area (Å²) in [6, 6.07) is 1.83. The molecule has 0 saturated carbocycles. The molecule has 0 atom stereocenters. The molecule has 0 aliphatic rings. The minimum absolute atomic E-state index is 0.436. The van der Waals surface area contributed by atoms with Crippen molar-refractivity contribution in [3.05, 3.63) is 24.3 Å². The average molecular weight is 194 g/mol. The molecule has 0 N–H and O–H groups in total. The van der Waals surface area contributed by atoms with Gasteiger partial charge >= 0.3 is 0 Å². The molecule has 0 spiro atoms. The zero-order valence-electron chi connectivity index (χ0n) is 9.99. The Balaban J connectivity index is 0.000000292. The van der Waals surface area contributed by atoms with E-state index < -0.39 is 0 Å². The second-order valence-electron chi connectivity index (χ2n) is 4.06. The van der Waals surface area contributed by atoms with Crippen LogP contribution in [0.2, 0.25) is 0 Å². The van der Waals surface area contributed by atoms with Gasteiger partial charge < -0.3 is 0 Å². The van der Waals surface area contributed by atoms with Gasteiger partial charge in [-0.25, -0.2) is 9.97 Å². The first-order valence-electron chi connectivity index (χ1n) is 5.34. The van der Waals surface area contributed by atoms with Gasteiger partial charge in [0.25, 0.3) is 0 Å². The average Bonchev–Trinajstić information content (AvgIpc) is 2.20. The van der Waals surface area contributed by atoms with Crippen molar-refractivity contribution in [1.29, 1.82) is 0 Å². The summed E-state index contributed by atoms with van der Waals surface area (Å²) in [4.78, 5) is 8.13. The molecule has 0 bridgehead atoms. The van der Waals surface area contributed by atoms with Crippen molar-refractivity contribution < 1.29 is 0 Å². The third-order valence-corrected chi connectivity index (χ3v) is 1.92. The highest BCUT2D eigenvalue weighted by molar-refractivity contribution is 4.92. The topological polar surface area (TPSA) is 25.8 Å². The van der Waals surface area contributed by atoms with Crippen molar-refractivity contribution in [2.75, 3.05) is 0 Å². The fourth-order valence-corrected chi connectivity index (χ4v) is 0.609. The molecule has 2 nitrogen and oxygen atoms in total. The van der Waals surface area contributed by atoms with Crippen molar-refractivity contribution in [3.8, 4) is 0 Å². The van der Waals surface area contributed by atoms with E-state index >= 15 is 0 Å². The Morgan fingerprint density at radius 2 is 1.50 bits per heavy atom. The minimum Gasteiger partial charge on any atom is -0.241 e. The summed E-state index contributed by atoms with van der Waals surface area (Å²) in [5, 5.41) is 0. The van der Waals surface area contributed by atoms with Crippen molar-refractivity contribution in [2.45, 2.75) is 47.0 Å². The third-order valence-electron chi connectivity index (χ3n) is 1.92. The molecule has 1 aromatic rings. The fourth-order valence-electron chi connectivity index (χ4n) is 0.609. The molecule has 1 heterocycles. The van der Waals surface area contributed by atoms with E-state index in [2.05, 4.69) is 44.6 Å². The van der Waals surface area contributed by atoms with Crippen LogP contribution in [0.25, 0.3) is 0 Å². The SMILES string of the molecule is CC(C)c1ncccn1.CCC(C)C. The van der Waals surface area contributed by atoms with Crippen LogP contribution in [0.3, 0.4) is 0 Å². The quantitative estimate of drug-likeness (QED) is 0.718. The maximum absolute atomic E-state index is 4.07. The number of rotatable bonds is 2. The normalized spacial score (nSPS) is 9.93. The lowest BCUT2D eigenvalue weighted by Gasteiger charge is -1.98. The van der Waals surface area contributed by atoms with E-state index in [9.17, 15) is 0 Å². The van der Waals surface area contributed by atoms with Crippen LogP contribution >= 0.6 is 0 Å². The molecule has 2 heteroatoms. The summed E-state index contributed by atoms with van der Waals surface area (Å²) in [5.41, 5.74) is 0. The van der Waals surface area contributed by atoms with E-state index in [1.54, 1.807) is 12.4 Å². The summed E-state index contributed by atoms with van der Waals surface area (Å²) in [7, 11) is 0. The second-order valence-corrected chi connectivity index (χ2v) is 4.06. The van der Waals surface area contributed by atoms with E-state index in [-0.39, 0.29) is 0 Å². The molecule has 0 amide bonds. The highest BCUT2D eigenvalue weighted by Gasteiger charge is 1.97. The largest absolute Gasteiger partial charge is 0.241 e. The molecule has 80 valence electrons. The molecular formula is C12H22N2. The van der Waals surface area contributed by atoms with Gasteiger partial charge in [0.1, 0.15) is 5.82 Å². The van der Waals surface area contributed by atoms with Gasteiger partial charge in [-0.1, -0.05) is 41.0 Å². The van der Waals surface area contributed by atoms with Crippen LogP contribution in [-0.4, -0.2) is 9.97 Å². The predicted octanol–water partition coefficient (Wildman–Crippen LogP) is 3.65. The van der Waals surface area contributed by atoms with Crippen LogP contribution in [0.15, 0.2) is 18.5 Å². The summed E-state index contributed by atoms with van der Waals surface area (Å²) in [6.45, 7) is 10.8. The smallest absolute Gasteiger partial charge is 0.130 e. The zero-order valence-corrected chi connectivity index (χ0v) is 9.99. The van der Waals surface area contributed by atoms with E-state index in [0.29, 0.717) is 5.92 Å². The first-order chi connectivity index (χ1) is 6.57. The number of aromatic nitrogens is 2. The molecule has 14 heavy (non-hydrogen) atoms. The second kappa shape index (κ2) is 7.48. The number of nitrogens with zero attached hydrogens (tertiary/aromatic N) is 2. The number of hydrogen-bond acceptors (Lipinski definition) is 2. The van der Waals surface area contributed by atoms with E-state index in [4.69, 9.17) is 0 Å². The van der Waals surface area contributed by atoms with Crippen molar-refractivity contribution in [1.82, 2.24) is 9.97 Å². The van der Waals surface area contributed by atoms with Gasteiger partial charge in [-0.3, -0.25) is 0 Å². The lowest BCUT2D eigenvalue weighted by atomic mass is 10.2. The maximum Gasteiger partial charge on any atom is 0.130 e. The van der Waals surface area contributed by atoms with E-state index in [1.807, 2.05) is 6.07 Å². The van der Waals surface area contributed by atoms with Crippen molar-refractivity contribution in [2.24, 2.45) is 5.92 Å². The predicted molar refractivity (Wildman–Crippen MR) is 61.3 cm³/mol. The van der Waals surface area contributed by atoms with Gasteiger partial charge in [0.2, 0.25) is 0 Å². The van der Waals surface area contributed by atoms with Crippen LogP contribution in [0.4, 0.5) is 0 Å². The molecule has 1 rings (SSSR count). The van der Waals surface area contributed by atoms with Crippen molar-refractivity contribution >= 4 is 0 Å². The van der Waals surface area contributed by atoms with Gasteiger partial charge in [-0.2, -0.15) is 0 Å². The van der Waals surface area contributed by atoms with E-state index in [1.165, 1.54) is 6.42 Å². The van der Waals surface area contributed by atoms with Gasteiger partial charge in [-0.15, -0.1) is 0 Å². The Labute approximate surface area is 87.8 Å².